The van der Waals surface area contributed by atoms with Gasteiger partial charge in [0.15, 0.2) is 0 Å². The molecule has 2 aromatic carbocycles. The van der Waals surface area contributed by atoms with Crippen molar-refractivity contribution in [3.05, 3.63) is 68.8 Å². The molecule has 2 atom stereocenters. The molecule has 0 fully saturated rings. The normalized spacial score (nSPS) is 12.2. The van der Waals surface area contributed by atoms with Crippen molar-refractivity contribution in [2.75, 3.05) is 11.5 Å². The zero-order valence-electron chi connectivity index (χ0n) is 18.0. The Labute approximate surface area is 201 Å². The van der Waals surface area contributed by atoms with E-state index in [0.717, 1.165) is 0 Å². The van der Waals surface area contributed by atoms with E-state index < -0.39 is 34.4 Å². The fourth-order valence-corrected chi connectivity index (χ4v) is 4.64. The van der Waals surface area contributed by atoms with E-state index >= 15 is 0 Å². The van der Waals surface area contributed by atoms with Gasteiger partial charge in [-0.15, -0.1) is 0 Å². The molecule has 34 heavy (non-hydrogen) atoms. The number of carbonyl (C=O) groups excluding carboxylic acids is 2. The van der Waals surface area contributed by atoms with Gasteiger partial charge in [0.2, 0.25) is 0 Å². The van der Waals surface area contributed by atoms with Crippen LogP contribution in [-0.2, 0) is 9.47 Å². The zero-order chi connectivity index (χ0) is 25.1. The minimum atomic E-state index is -0.933. The average Bonchev–Trinajstić information content (AvgIpc) is 2.77. The smallest absolute Gasteiger partial charge is 0.430 e. The highest BCUT2D eigenvalue weighted by Gasteiger charge is 2.16. The summed E-state index contributed by atoms with van der Waals surface area (Å²) in [7, 11) is 2.78. The minimum absolute atomic E-state index is 0.122. The number of carbonyl (C=O) groups is 2. The Balaban J connectivity index is 1.61. The number of rotatable bonds is 11. The summed E-state index contributed by atoms with van der Waals surface area (Å²) in [5.74, 6) is 1.10. The summed E-state index contributed by atoms with van der Waals surface area (Å²) < 4.78 is 20.2. The van der Waals surface area contributed by atoms with Gasteiger partial charge in [-0.05, 0) is 38.1 Å². The fraction of sp³-hybridized carbons (Fsp3) is 0.300. The number of hydrogen-bond donors (Lipinski definition) is 0. The second-order valence-corrected chi connectivity index (χ2v) is 9.18. The van der Waals surface area contributed by atoms with Crippen LogP contribution in [0, 0.1) is 20.2 Å². The molecule has 0 aliphatic carbocycles. The van der Waals surface area contributed by atoms with Gasteiger partial charge in [-0.3, -0.25) is 20.2 Å². The average molecular weight is 513 g/mol. The summed E-state index contributed by atoms with van der Waals surface area (Å²) in [6.45, 7) is 3.35. The summed E-state index contributed by atoms with van der Waals surface area (Å²) in [5, 5.41) is 21.2. The van der Waals surface area contributed by atoms with Crippen molar-refractivity contribution in [3.63, 3.8) is 0 Å². The standard InChI is InChI=1S/C20H20N2O10S2/c1-13(29-19(23)31-17-7-3-15(4-8-17)21(25)26)11-33-34-12-14(2)30-20(24)32-18-9-5-16(6-10-18)22(27)28/h3-10,13-14H,11-12H2,1-2H3. The van der Waals surface area contributed by atoms with E-state index in [2.05, 4.69) is 0 Å². The molecule has 0 heterocycles. The van der Waals surface area contributed by atoms with E-state index in [4.69, 9.17) is 18.9 Å². The molecule has 2 aromatic rings. The molecule has 0 saturated carbocycles. The van der Waals surface area contributed by atoms with Gasteiger partial charge in [0.1, 0.15) is 23.7 Å². The molecule has 0 spiro atoms. The summed E-state index contributed by atoms with van der Waals surface area (Å²) in [5.41, 5.74) is -0.249. The first-order valence-corrected chi connectivity index (χ1v) is 12.1. The number of nitrogens with zero attached hydrogens (tertiary/aromatic N) is 2. The molecule has 0 aliphatic heterocycles. The van der Waals surface area contributed by atoms with Crippen molar-refractivity contribution in [1.29, 1.82) is 0 Å². The predicted molar refractivity (Wildman–Crippen MR) is 124 cm³/mol. The Bertz CT molecular complexity index is 920. The van der Waals surface area contributed by atoms with E-state index in [-0.39, 0.29) is 22.9 Å². The quantitative estimate of drug-likeness (QED) is 0.0945. The Kier molecular flexibility index (Phi) is 10.4. The first-order valence-electron chi connectivity index (χ1n) is 9.64. The number of nitro benzene ring substituents is 2. The highest BCUT2D eigenvalue weighted by molar-refractivity contribution is 8.76. The summed E-state index contributed by atoms with van der Waals surface area (Å²) in [4.78, 5) is 43.7. The van der Waals surface area contributed by atoms with Gasteiger partial charge < -0.3 is 18.9 Å². The predicted octanol–water partition coefficient (Wildman–Crippen LogP) is 5.39. The lowest BCUT2D eigenvalue weighted by atomic mass is 10.3. The number of ether oxygens (including phenoxy) is 4. The van der Waals surface area contributed by atoms with Crippen LogP contribution in [0.3, 0.4) is 0 Å². The second-order valence-electron chi connectivity index (χ2n) is 6.63. The van der Waals surface area contributed by atoms with Crippen LogP contribution in [0.4, 0.5) is 21.0 Å². The Morgan fingerprint density at radius 3 is 1.35 bits per heavy atom. The van der Waals surface area contributed by atoms with Crippen molar-refractivity contribution in [1.82, 2.24) is 0 Å². The fourth-order valence-electron chi connectivity index (χ4n) is 2.20. The van der Waals surface area contributed by atoms with Gasteiger partial charge in [-0.2, -0.15) is 0 Å². The molecule has 0 amide bonds. The summed E-state index contributed by atoms with van der Waals surface area (Å²) in [6.07, 6.45) is -2.83. The van der Waals surface area contributed by atoms with Crippen molar-refractivity contribution in [2.24, 2.45) is 0 Å². The molecular formula is C20H20N2O10S2. The molecule has 0 saturated heterocycles. The number of hydrogen-bond acceptors (Lipinski definition) is 12. The second kappa shape index (κ2) is 13.3. The molecular weight excluding hydrogens is 492 g/mol. The highest BCUT2D eigenvalue weighted by Crippen LogP contribution is 2.25. The highest BCUT2D eigenvalue weighted by atomic mass is 33.1. The first kappa shape index (κ1) is 26.7. The maximum Gasteiger partial charge on any atom is 0.514 e. The van der Waals surface area contributed by atoms with Crippen LogP contribution < -0.4 is 9.47 Å². The number of benzene rings is 2. The van der Waals surface area contributed by atoms with Crippen LogP contribution in [0.5, 0.6) is 11.5 Å². The van der Waals surface area contributed by atoms with Crippen LogP contribution in [0.15, 0.2) is 48.5 Å². The maximum atomic E-state index is 11.8. The SMILES string of the molecule is CC(CSSCC(C)OC(=O)Oc1ccc([N+](=O)[O-])cc1)OC(=O)Oc1ccc([N+](=O)[O-])cc1. The number of nitro groups is 2. The van der Waals surface area contributed by atoms with Crippen molar-refractivity contribution >= 4 is 45.3 Å². The van der Waals surface area contributed by atoms with E-state index in [1.54, 1.807) is 13.8 Å². The third-order valence-corrected chi connectivity index (χ3v) is 6.48. The molecule has 0 bridgehead atoms. The molecule has 2 rings (SSSR count). The molecule has 12 nitrogen and oxygen atoms in total. The topological polar surface area (TPSA) is 157 Å². The lowest BCUT2D eigenvalue weighted by Crippen LogP contribution is -2.21. The molecule has 0 aliphatic rings. The van der Waals surface area contributed by atoms with E-state index in [0.29, 0.717) is 11.5 Å². The molecule has 182 valence electrons. The van der Waals surface area contributed by atoms with Gasteiger partial charge in [-0.25, -0.2) is 9.59 Å². The van der Waals surface area contributed by atoms with E-state index in [1.807, 2.05) is 0 Å². The maximum absolute atomic E-state index is 11.8. The monoisotopic (exact) mass is 512 g/mol. The van der Waals surface area contributed by atoms with Gasteiger partial charge in [0, 0.05) is 35.8 Å². The minimum Gasteiger partial charge on any atom is -0.430 e. The largest absolute Gasteiger partial charge is 0.514 e. The molecule has 2 unspecified atom stereocenters. The summed E-state index contributed by atoms with van der Waals surface area (Å²) in [6, 6.07) is 10.0. The molecule has 14 heteroatoms. The zero-order valence-corrected chi connectivity index (χ0v) is 19.6. The molecule has 0 aromatic heterocycles. The molecule has 0 radical (unpaired) electrons. The number of non-ortho nitro benzene ring substituents is 2. The van der Waals surface area contributed by atoms with Crippen LogP contribution in [-0.4, -0.2) is 45.9 Å². The van der Waals surface area contributed by atoms with Crippen molar-refractivity contribution < 1.29 is 38.4 Å². The van der Waals surface area contributed by atoms with Gasteiger partial charge in [-0.1, -0.05) is 21.6 Å². The lowest BCUT2D eigenvalue weighted by Gasteiger charge is -2.14. The van der Waals surface area contributed by atoms with E-state index in [1.165, 1.54) is 70.1 Å². The van der Waals surface area contributed by atoms with Crippen LogP contribution in [0.1, 0.15) is 13.8 Å². The summed E-state index contributed by atoms with van der Waals surface area (Å²) >= 11 is 0. The van der Waals surface area contributed by atoms with Gasteiger partial charge >= 0.3 is 12.3 Å². The van der Waals surface area contributed by atoms with E-state index in [9.17, 15) is 29.8 Å². The third kappa shape index (κ3) is 9.54. The third-order valence-electron chi connectivity index (χ3n) is 3.78. The first-order chi connectivity index (χ1) is 16.1. The molecule has 0 N–H and O–H groups in total. The Morgan fingerprint density at radius 2 is 1.06 bits per heavy atom. The lowest BCUT2D eigenvalue weighted by molar-refractivity contribution is -0.385. The van der Waals surface area contributed by atoms with Crippen molar-refractivity contribution in [3.8, 4) is 11.5 Å². The van der Waals surface area contributed by atoms with Crippen LogP contribution >= 0.6 is 21.6 Å². The Hall–Kier alpha value is -3.52. The Morgan fingerprint density at radius 1 is 0.735 bits per heavy atom. The van der Waals surface area contributed by atoms with Gasteiger partial charge in [0.05, 0.1) is 9.85 Å². The van der Waals surface area contributed by atoms with Crippen LogP contribution in [0.25, 0.3) is 0 Å². The van der Waals surface area contributed by atoms with Crippen molar-refractivity contribution in [2.45, 2.75) is 26.1 Å². The van der Waals surface area contributed by atoms with Crippen LogP contribution in [0.2, 0.25) is 0 Å². The van der Waals surface area contributed by atoms with Gasteiger partial charge in [0.25, 0.3) is 11.4 Å².